The number of aromatic nitrogens is 4. The van der Waals surface area contributed by atoms with Crippen LogP contribution in [-0.4, -0.2) is 50.6 Å². The topological polar surface area (TPSA) is 63.3 Å². The number of halogens is 1. The molecule has 0 spiro atoms. The van der Waals surface area contributed by atoms with Gasteiger partial charge in [-0.1, -0.05) is 24.3 Å². The van der Waals surface area contributed by atoms with Crippen molar-refractivity contribution in [3.63, 3.8) is 0 Å². The lowest BCUT2D eigenvalue weighted by molar-refractivity contribution is 0.485. The third-order valence-corrected chi connectivity index (χ3v) is 5.34. The van der Waals surface area contributed by atoms with Gasteiger partial charge in [-0.2, -0.15) is 10.2 Å². The van der Waals surface area contributed by atoms with Crippen LogP contribution in [0.1, 0.15) is 29.0 Å². The summed E-state index contributed by atoms with van der Waals surface area (Å²) in [4.78, 5) is 6.86. The molecule has 8 heteroatoms. The van der Waals surface area contributed by atoms with Gasteiger partial charge >= 0.3 is 0 Å². The summed E-state index contributed by atoms with van der Waals surface area (Å²) in [5.74, 6) is 1.47. The molecule has 1 saturated heterocycles. The second-order valence-corrected chi connectivity index (χ2v) is 7.25. The second-order valence-electron chi connectivity index (χ2n) is 7.25. The van der Waals surface area contributed by atoms with Crippen LogP contribution in [-0.2, 0) is 20.1 Å². The van der Waals surface area contributed by atoms with Crippen molar-refractivity contribution >= 4 is 29.9 Å². The molecule has 0 aliphatic carbocycles. The summed E-state index contributed by atoms with van der Waals surface area (Å²) in [6.07, 6.45) is 9.04. The van der Waals surface area contributed by atoms with E-state index in [1.807, 2.05) is 48.1 Å². The second kappa shape index (κ2) is 9.91. The molecule has 1 aromatic carbocycles. The van der Waals surface area contributed by atoms with E-state index in [0.717, 1.165) is 38.6 Å². The van der Waals surface area contributed by atoms with Gasteiger partial charge in [-0.05, 0) is 29.2 Å². The Hall–Kier alpha value is -2.36. The van der Waals surface area contributed by atoms with E-state index in [-0.39, 0.29) is 24.0 Å². The van der Waals surface area contributed by atoms with Crippen molar-refractivity contribution in [3.05, 3.63) is 71.8 Å². The van der Waals surface area contributed by atoms with Gasteiger partial charge in [0.2, 0.25) is 0 Å². The van der Waals surface area contributed by atoms with E-state index in [1.54, 1.807) is 0 Å². The standard InChI is InChI=1S/C21H27N7.HI/c1-22-21(27-11-8-19(15-27)20-13-25-26(2)14-20)23-12-17-6-3-4-7-18(17)16-28-10-5-9-24-28;/h3-7,9-10,13-14,19H,8,11-12,15-16H2,1-2H3,(H,22,23);1H. The molecule has 0 bridgehead atoms. The average molecular weight is 505 g/mol. The Bertz CT molecular complexity index is 932. The van der Waals surface area contributed by atoms with Crippen molar-refractivity contribution in [2.45, 2.75) is 25.4 Å². The van der Waals surface area contributed by atoms with Gasteiger partial charge in [0.15, 0.2) is 5.96 Å². The molecule has 3 aromatic rings. The zero-order chi connectivity index (χ0) is 19.3. The molecule has 0 amide bonds. The van der Waals surface area contributed by atoms with Gasteiger partial charge in [0.1, 0.15) is 0 Å². The fourth-order valence-electron chi connectivity index (χ4n) is 3.83. The molecule has 3 heterocycles. The van der Waals surface area contributed by atoms with E-state index in [1.165, 1.54) is 16.7 Å². The SMILES string of the molecule is CN=C(NCc1ccccc1Cn1cccn1)N1CCC(c2cnn(C)c2)C1.I. The highest BCUT2D eigenvalue weighted by atomic mass is 127. The van der Waals surface area contributed by atoms with Crippen LogP contribution in [0.5, 0.6) is 0 Å². The van der Waals surface area contributed by atoms with Gasteiger partial charge in [-0.3, -0.25) is 14.4 Å². The molecule has 1 aliphatic rings. The number of benzene rings is 1. The number of hydrogen-bond donors (Lipinski definition) is 1. The number of likely N-dealkylation sites (tertiary alicyclic amines) is 1. The Kier molecular flexibility index (Phi) is 7.29. The Labute approximate surface area is 188 Å². The first kappa shape index (κ1) is 21.4. The Balaban J connectivity index is 0.00000240. The summed E-state index contributed by atoms with van der Waals surface area (Å²) in [5, 5.41) is 12.2. The highest BCUT2D eigenvalue weighted by molar-refractivity contribution is 14.0. The minimum absolute atomic E-state index is 0. The van der Waals surface area contributed by atoms with Crippen LogP contribution < -0.4 is 5.32 Å². The monoisotopic (exact) mass is 505 g/mol. The molecule has 1 unspecified atom stereocenters. The summed E-state index contributed by atoms with van der Waals surface area (Å²) in [6.45, 7) is 3.50. The van der Waals surface area contributed by atoms with E-state index >= 15 is 0 Å². The number of guanidine groups is 1. The van der Waals surface area contributed by atoms with Crippen molar-refractivity contribution in [1.82, 2.24) is 29.8 Å². The molecule has 2 aromatic heterocycles. The number of nitrogens with one attached hydrogen (secondary N) is 1. The molecule has 0 saturated carbocycles. The third kappa shape index (κ3) is 5.17. The van der Waals surface area contributed by atoms with Crippen LogP contribution in [0.3, 0.4) is 0 Å². The van der Waals surface area contributed by atoms with Gasteiger partial charge in [0.05, 0.1) is 12.7 Å². The molecular formula is C21H28IN7. The van der Waals surface area contributed by atoms with Gasteiger partial charge < -0.3 is 10.2 Å². The van der Waals surface area contributed by atoms with Gasteiger partial charge in [0.25, 0.3) is 0 Å². The summed E-state index contributed by atoms with van der Waals surface area (Å²) in [7, 11) is 3.83. The Morgan fingerprint density at radius 2 is 2.03 bits per heavy atom. The normalized spacial score (nSPS) is 16.7. The smallest absolute Gasteiger partial charge is 0.193 e. The predicted octanol–water partition coefficient (Wildman–Crippen LogP) is 2.85. The van der Waals surface area contributed by atoms with Gasteiger partial charge in [-0.15, -0.1) is 24.0 Å². The van der Waals surface area contributed by atoms with Crippen LogP contribution in [0.15, 0.2) is 60.1 Å². The maximum atomic E-state index is 4.52. The quantitative estimate of drug-likeness (QED) is 0.329. The van der Waals surface area contributed by atoms with Crippen LogP contribution >= 0.6 is 24.0 Å². The molecule has 1 fully saturated rings. The third-order valence-electron chi connectivity index (χ3n) is 5.34. The maximum Gasteiger partial charge on any atom is 0.193 e. The first-order valence-electron chi connectivity index (χ1n) is 9.71. The molecule has 0 radical (unpaired) electrons. The largest absolute Gasteiger partial charge is 0.352 e. The zero-order valence-corrected chi connectivity index (χ0v) is 19.2. The highest BCUT2D eigenvalue weighted by Crippen LogP contribution is 2.26. The summed E-state index contributed by atoms with van der Waals surface area (Å²) in [6, 6.07) is 10.4. The van der Waals surface area contributed by atoms with E-state index in [9.17, 15) is 0 Å². The summed E-state index contributed by atoms with van der Waals surface area (Å²) >= 11 is 0. The van der Waals surface area contributed by atoms with Crippen LogP contribution in [0.2, 0.25) is 0 Å². The maximum absolute atomic E-state index is 4.52. The number of hydrogen-bond acceptors (Lipinski definition) is 3. The van der Waals surface area contributed by atoms with Gasteiger partial charge in [0, 0.05) is 58.2 Å². The van der Waals surface area contributed by atoms with Crippen molar-refractivity contribution < 1.29 is 0 Å². The van der Waals surface area contributed by atoms with Gasteiger partial charge in [-0.25, -0.2) is 0 Å². The van der Waals surface area contributed by atoms with Crippen LogP contribution in [0, 0.1) is 0 Å². The van der Waals surface area contributed by atoms with Crippen molar-refractivity contribution in [1.29, 1.82) is 0 Å². The molecule has 29 heavy (non-hydrogen) atoms. The zero-order valence-electron chi connectivity index (χ0n) is 16.9. The fraction of sp³-hybridized carbons (Fsp3) is 0.381. The summed E-state index contributed by atoms with van der Waals surface area (Å²) in [5.41, 5.74) is 3.84. The first-order chi connectivity index (χ1) is 13.7. The Morgan fingerprint density at radius 1 is 1.21 bits per heavy atom. The predicted molar refractivity (Wildman–Crippen MR) is 126 cm³/mol. The first-order valence-corrected chi connectivity index (χ1v) is 9.71. The minimum Gasteiger partial charge on any atom is -0.352 e. The lowest BCUT2D eigenvalue weighted by Gasteiger charge is -2.22. The van der Waals surface area contributed by atoms with Crippen molar-refractivity contribution in [2.24, 2.45) is 12.0 Å². The van der Waals surface area contributed by atoms with Crippen molar-refractivity contribution in [2.75, 3.05) is 20.1 Å². The minimum atomic E-state index is 0. The van der Waals surface area contributed by atoms with Crippen molar-refractivity contribution in [3.8, 4) is 0 Å². The number of aliphatic imine (C=N–C) groups is 1. The van der Waals surface area contributed by atoms with Crippen LogP contribution in [0.4, 0.5) is 0 Å². The number of nitrogens with zero attached hydrogens (tertiary/aromatic N) is 6. The average Bonchev–Trinajstić information content (AvgIpc) is 3.45. The Morgan fingerprint density at radius 3 is 2.72 bits per heavy atom. The lowest BCUT2D eigenvalue weighted by atomic mass is 10.0. The lowest BCUT2D eigenvalue weighted by Crippen LogP contribution is -2.39. The van der Waals surface area contributed by atoms with E-state index < -0.39 is 0 Å². The molecule has 1 N–H and O–H groups in total. The van der Waals surface area contributed by atoms with E-state index in [0.29, 0.717) is 5.92 Å². The summed E-state index contributed by atoms with van der Waals surface area (Å²) < 4.78 is 3.83. The number of aryl methyl sites for hydroxylation is 1. The number of rotatable bonds is 5. The molecule has 7 nitrogen and oxygen atoms in total. The van der Waals surface area contributed by atoms with E-state index in [2.05, 4.69) is 55.9 Å². The van der Waals surface area contributed by atoms with E-state index in [4.69, 9.17) is 0 Å². The molecule has 1 atom stereocenters. The van der Waals surface area contributed by atoms with Crippen LogP contribution in [0.25, 0.3) is 0 Å². The highest BCUT2D eigenvalue weighted by Gasteiger charge is 2.26. The molecule has 154 valence electrons. The fourth-order valence-corrected chi connectivity index (χ4v) is 3.83. The molecule has 4 rings (SSSR count). The molecule has 1 aliphatic heterocycles. The molecular weight excluding hydrogens is 477 g/mol.